The van der Waals surface area contributed by atoms with E-state index in [9.17, 15) is 9.90 Å². The maximum Gasteiger partial charge on any atom is 0.408 e. The third-order valence-corrected chi connectivity index (χ3v) is 3.90. The van der Waals surface area contributed by atoms with Gasteiger partial charge in [-0.1, -0.05) is 49.4 Å². The van der Waals surface area contributed by atoms with Gasteiger partial charge in [-0.15, -0.1) is 0 Å². The van der Waals surface area contributed by atoms with E-state index in [-0.39, 0.29) is 12.7 Å². The maximum absolute atomic E-state index is 12.2. The molecule has 0 aliphatic heterocycles. The van der Waals surface area contributed by atoms with Gasteiger partial charge in [-0.3, -0.25) is 0 Å². The predicted molar refractivity (Wildman–Crippen MR) is 101 cm³/mol. The minimum Gasteiger partial charge on any atom is -0.491 e. The van der Waals surface area contributed by atoms with Gasteiger partial charge in [0.2, 0.25) is 0 Å². The Labute approximate surface area is 155 Å². The van der Waals surface area contributed by atoms with E-state index < -0.39 is 18.2 Å². The number of ether oxygens (including phenoxy) is 2. The van der Waals surface area contributed by atoms with Gasteiger partial charge in [0.25, 0.3) is 0 Å². The largest absolute Gasteiger partial charge is 0.491 e. The first-order valence-electron chi connectivity index (χ1n) is 8.91. The summed E-state index contributed by atoms with van der Waals surface area (Å²) >= 11 is 0. The number of amides is 1. The summed E-state index contributed by atoms with van der Waals surface area (Å²) < 4.78 is 10.9. The first-order chi connectivity index (χ1) is 12.5. The summed E-state index contributed by atoms with van der Waals surface area (Å²) in [5.41, 5.74) is 1.71. The molecule has 0 bridgehead atoms. The lowest BCUT2D eigenvalue weighted by Crippen LogP contribution is -2.36. The summed E-state index contributed by atoms with van der Waals surface area (Å²) in [6, 6.07) is 16.3. The Bertz CT molecular complexity index is 670. The quantitative estimate of drug-likeness (QED) is 0.742. The van der Waals surface area contributed by atoms with Crippen LogP contribution < -0.4 is 10.1 Å². The minimum atomic E-state index is -0.712. The Kier molecular flexibility index (Phi) is 7.48. The molecule has 2 rings (SSSR count). The molecule has 0 aromatic heterocycles. The monoisotopic (exact) mass is 357 g/mol. The average Bonchev–Trinajstić information content (AvgIpc) is 2.65. The zero-order chi connectivity index (χ0) is 18.9. The van der Waals surface area contributed by atoms with E-state index in [0.717, 1.165) is 16.9 Å². The van der Waals surface area contributed by atoms with Crippen molar-refractivity contribution in [3.63, 3.8) is 0 Å². The van der Waals surface area contributed by atoms with E-state index in [0.29, 0.717) is 6.42 Å². The molecule has 26 heavy (non-hydrogen) atoms. The highest BCUT2D eigenvalue weighted by Gasteiger charge is 2.22. The summed E-state index contributed by atoms with van der Waals surface area (Å²) in [5.74, 6) is 0.750. The smallest absolute Gasteiger partial charge is 0.408 e. The van der Waals surface area contributed by atoms with Gasteiger partial charge in [-0.25, -0.2) is 4.79 Å². The number of hydrogen-bond donors (Lipinski definition) is 2. The second-order valence-electron chi connectivity index (χ2n) is 6.39. The van der Waals surface area contributed by atoms with Gasteiger partial charge in [-0.2, -0.15) is 0 Å². The van der Waals surface area contributed by atoms with Crippen molar-refractivity contribution in [2.24, 2.45) is 0 Å². The topological polar surface area (TPSA) is 67.8 Å². The number of hydrogen-bond acceptors (Lipinski definition) is 4. The number of carbonyl (C=O) groups excluding carboxylic acids is 1. The molecule has 0 aliphatic rings. The van der Waals surface area contributed by atoms with Crippen LogP contribution >= 0.6 is 0 Å². The van der Waals surface area contributed by atoms with Crippen LogP contribution in [0.15, 0.2) is 54.6 Å². The standard InChI is InChI=1S/C21H27NO4/c1-4-19(23)20(17-10-12-18(13-11-17)26-15(2)3)22-21(24)25-14-16-8-6-5-7-9-16/h5-13,15,19-20,23H,4,14H2,1-3H3,(H,22,24). The van der Waals surface area contributed by atoms with Crippen LogP contribution in [-0.2, 0) is 11.3 Å². The zero-order valence-corrected chi connectivity index (χ0v) is 15.5. The van der Waals surface area contributed by atoms with Crippen molar-refractivity contribution >= 4 is 6.09 Å². The number of nitrogens with one attached hydrogen (secondary N) is 1. The van der Waals surface area contributed by atoms with Crippen molar-refractivity contribution in [2.45, 2.75) is 52.0 Å². The second-order valence-corrected chi connectivity index (χ2v) is 6.39. The Morgan fingerprint density at radius 3 is 2.31 bits per heavy atom. The highest BCUT2D eigenvalue weighted by atomic mass is 16.5. The van der Waals surface area contributed by atoms with Gasteiger partial charge in [0, 0.05) is 0 Å². The maximum atomic E-state index is 12.2. The number of benzene rings is 2. The number of carbonyl (C=O) groups is 1. The Hall–Kier alpha value is -2.53. The summed E-state index contributed by atoms with van der Waals surface area (Å²) in [7, 11) is 0. The molecular formula is C21H27NO4. The normalized spacial score (nSPS) is 13.1. The lowest BCUT2D eigenvalue weighted by Gasteiger charge is -2.24. The van der Waals surface area contributed by atoms with Crippen LogP contribution in [0.25, 0.3) is 0 Å². The van der Waals surface area contributed by atoms with Gasteiger partial charge < -0.3 is 19.9 Å². The first kappa shape index (κ1) is 19.8. The molecule has 0 fully saturated rings. The molecular weight excluding hydrogens is 330 g/mol. The molecule has 0 saturated carbocycles. The Morgan fingerprint density at radius 1 is 1.08 bits per heavy atom. The summed E-state index contributed by atoms with van der Waals surface area (Å²) in [4.78, 5) is 12.2. The number of rotatable bonds is 8. The van der Waals surface area contributed by atoms with Crippen LogP contribution in [0.4, 0.5) is 4.79 Å². The van der Waals surface area contributed by atoms with Gasteiger partial charge in [0.15, 0.2) is 0 Å². The molecule has 0 spiro atoms. The van der Waals surface area contributed by atoms with Crippen molar-refractivity contribution in [3.8, 4) is 5.75 Å². The van der Waals surface area contributed by atoms with Crippen LogP contribution in [-0.4, -0.2) is 23.4 Å². The third-order valence-electron chi connectivity index (χ3n) is 3.90. The molecule has 2 unspecified atom stereocenters. The van der Waals surface area contributed by atoms with E-state index in [2.05, 4.69) is 5.32 Å². The highest BCUT2D eigenvalue weighted by molar-refractivity contribution is 5.68. The SMILES string of the molecule is CCC(O)C(NC(=O)OCc1ccccc1)c1ccc(OC(C)C)cc1. The lowest BCUT2D eigenvalue weighted by molar-refractivity contribution is 0.0992. The fourth-order valence-corrected chi connectivity index (χ4v) is 2.56. The number of aliphatic hydroxyl groups is 1. The summed E-state index contributed by atoms with van der Waals surface area (Å²) in [6.45, 7) is 5.97. The van der Waals surface area contributed by atoms with Crippen LogP contribution in [0.5, 0.6) is 5.75 Å². The van der Waals surface area contributed by atoms with E-state index >= 15 is 0 Å². The van der Waals surface area contributed by atoms with Crippen molar-refractivity contribution in [2.75, 3.05) is 0 Å². The molecule has 5 heteroatoms. The lowest BCUT2D eigenvalue weighted by atomic mass is 10.00. The Morgan fingerprint density at radius 2 is 1.73 bits per heavy atom. The molecule has 2 aromatic carbocycles. The first-order valence-corrected chi connectivity index (χ1v) is 8.91. The third kappa shape index (κ3) is 6.08. The molecule has 0 radical (unpaired) electrons. The molecule has 0 heterocycles. The predicted octanol–water partition coefficient (Wildman–Crippen LogP) is 4.21. The summed E-state index contributed by atoms with van der Waals surface area (Å²) in [6.07, 6.45) is -0.678. The van der Waals surface area contributed by atoms with Crippen LogP contribution in [0, 0.1) is 0 Å². The fourth-order valence-electron chi connectivity index (χ4n) is 2.56. The van der Waals surface area contributed by atoms with Gasteiger partial charge in [-0.05, 0) is 43.5 Å². The van der Waals surface area contributed by atoms with Crippen LogP contribution in [0.2, 0.25) is 0 Å². The van der Waals surface area contributed by atoms with Crippen molar-refractivity contribution < 1.29 is 19.4 Å². The molecule has 0 saturated heterocycles. The molecule has 0 aliphatic carbocycles. The van der Waals surface area contributed by atoms with Crippen LogP contribution in [0.3, 0.4) is 0 Å². The fraction of sp³-hybridized carbons (Fsp3) is 0.381. The van der Waals surface area contributed by atoms with Crippen molar-refractivity contribution in [3.05, 3.63) is 65.7 Å². The van der Waals surface area contributed by atoms with E-state index in [1.165, 1.54) is 0 Å². The Balaban J connectivity index is 2.01. The van der Waals surface area contributed by atoms with E-state index in [1.807, 2.05) is 75.4 Å². The molecule has 5 nitrogen and oxygen atoms in total. The molecule has 140 valence electrons. The van der Waals surface area contributed by atoms with Gasteiger partial charge >= 0.3 is 6.09 Å². The van der Waals surface area contributed by atoms with Gasteiger partial charge in [0.05, 0.1) is 18.2 Å². The highest BCUT2D eigenvalue weighted by Crippen LogP contribution is 2.23. The van der Waals surface area contributed by atoms with Crippen molar-refractivity contribution in [1.29, 1.82) is 0 Å². The molecule has 1 amide bonds. The van der Waals surface area contributed by atoms with E-state index in [1.54, 1.807) is 0 Å². The van der Waals surface area contributed by atoms with Crippen LogP contribution in [0.1, 0.15) is 44.4 Å². The molecule has 2 N–H and O–H groups in total. The molecule has 2 atom stereocenters. The van der Waals surface area contributed by atoms with Gasteiger partial charge in [0.1, 0.15) is 12.4 Å². The average molecular weight is 357 g/mol. The zero-order valence-electron chi connectivity index (χ0n) is 15.5. The summed E-state index contributed by atoms with van der Waals surface area (Å²) in [5, 5.41) is 13.1. The number of aliphatic hydroxyl groups excluding tert-OH is 1. The molecule has 2 aromatic rings. The van der Waals surface area contributed by atoms with Crippen molar-refractivity contribution in [1.82, 2.24) is 5.32 Å². The second kappa shape index (κ2) is 9.82. The minimum absolute atomic E-state index is 0.0870. The van der Waals surface area contributed by atoms with E-state index in [4.69, 9.17) is 9.47 Å². The number of alkyl carbamates (subject to hydrolysis) is 1.